The number of nitrogens with zero attached hydrogens (tertiary/aromatic N) is 4. The predicted molar refractivity (Wildman–Crippen MR) is 118 cm³/mol. The third-order valence-electron chi connectivity index (χ3n) is 5.23. The number of hydrogen-bond donors (Lipinski definition) is 1. The topological polar surface area (TPSA) is 86.3 Å². The second-order valence-electron chi connectivity index (χ2n) is 7.20. The van der Waals surface area contributed by atoms with Crippen molar-refractivity contribution in [3.05, 3.63) is 60.2 Å². The van der Waals surface area contributed by atoms with E-state index in [-0.39, 0.29) is 5.91 Å². The summed E-state index contributed by atoms with van der Waals surface area (Å²) in [5.41, 5.74) is 1.77. The van der Waals surface area contributed by atoms with Gasteiger partial charge in [-0.15, -0.1) is 10.2 Å². The normalized spacial score (nSPS) is 15.0. The largest absolute Gasteiger partial charge is 0.497 e. The molecule has 0 saturated carbocycles. The Morgan fingerprint density at radius 3 is 2.40 bits per heavy atom. The van der Waals surface area contributed by atoms with Gasteiger partial charge >= 0.3 is 0 Å². The predicted octanol–water partition coefficient (Wildman–Crippen LogP) is 3.51. The average Bonchev–Trinajstić information content (AvgIpc) is 3.18. The zero-order valence-electron chi connectivity index (χ0n) is 16.9. The zero-order valence-corrected chi connectivity index (χ0v) is 17.7. The number of piperidine rings is 1. The number of rotatable bonds is 6. The van der Waals surface area contributed by atoms with Gasteiger partial charge in [0, 0.05) is 18.7 Å². The molecule has 156 valence electrons. The van der Waals surface area contributed by atoms with Crippen LogP contribution in [0, 0.1) is 0 Å². The summed E-state index contributed by atoms with van der Waals surface area (Å²) in [6, 6.07) is 17.3. The van der Waals surface area contributed by atoms with E-state index in [9.17, 15) is 4.79 Å². The Hall–Kier alpha value is -3.00. The number of nitrogen functional groups attached to an aromatic ring is 1. The summed E-state index contributed by atoms with van der Waals surface area (Å²) in [5.74, 6) is 7.72. The molecule has 1 saturated heterocycles. The fourth-order valence-corrected chi connectivity index (χ4v) is 4.61. The van der Waals surface area contributed by atoms with Crippen LogP contribution < -0.4 is 10.6 Å². The van der Waals surface area contributed by atoms with E-state index in [2.05, 4.69) is 10.2 Å². The first-order valence-corrected chi connectivity index (χ1v) is 10.9. The third-order valence-corrected chi connectivity index (χ3v) is 6.43. The maximum atomic E-state index is 13.4. The number of carbonyl (C=O) groups is 1. The number of benzene rings is 2. The molecule has 1 aromatic heterocycles. The van der Waals surface area contributed by atoms with E-state index in [1.165, 1.54) is 22.9 Å². The summed E-state index contributed by atoms with van der Waals surface area (Å²) in [6.07, 6.45) is 3.27. The van der Waals surface area contributed by atoms with Gasteiger partial charge in [-0.05, 0) is 49.1 Å². The highest BCUT2D eigenvalue weighted by Gasteiger charge is 2.30. The van der Waals surface area contributed by atoms with Gasteiger partial charge < -0.3 is 15.5 Å². The molecule has 30 heavy (non-hydrogen) atoms. The number of nitrogens with two attached hydrogens (primary N) is 1. The van der Waals surface area contributed by atoms with Crippen molar-refractivity contribution in [2.75, 3.05) is 26.0 Å². The van der Waals surface area contributed by atoms with Crippen LogP contribution in [0.25, 0.3) is 11.4 Å². The fraction of sp³-hybridized carbons (Fsp3) is 0.318. The average molecular weight is 424 g/mol. The summed E-state index contributed by atoms with van der Waals surface area (Å²) in [5, 5.41) is 8.62. The number of methoxy groups -OCH3 is 1. The van der Waals surface area contributed by atoms with E-state index in [0.29, 0.717) is 11.0 Å². The van der Waals surface area contributed by atoms with Gasteiger partial charge in [-0.1, -0.05) is 42.1 Å². The quantitative estimate of drug-likeness (QED) is 0.482. The zero-order chi connectivity index (χ0) is 20.9. The second-order valence-corrected chi connectivity index (χ2v) is 8.27. The van der Waals surface area contributed by atoms with Crippen molar-refractivity contribution in [3.8, 4) is 17.1 Å². The van der Waals surface area contributed by atoms with Crippen molar-refractivity contribution < 1.29 is 9.53 Å². The number of amides is 1. The van der Waals surface area contributed by atoms with Crippen LogP contribution in [0.2, 0.25) is 0 Å². The molecule has 1 aliphatic heterocycles. The molecule has 1 aliphatic rings. The van der Waals surface area contributed by atoms with Crippen LogP contribution in [0.3, 0.4) is 0 Å². The Morgan fingerprint density at radius 2 is 1.73 bits per heavy atom. The number of hydrogen-bond acceptors (Lipinski definition) is 6. The lowest BCUT2D eigenvalue weighted by Crippen LogP contribution is -2.38. The minimum atomic E-state index is -0.417. The molecule has 2 aromatic carbocycles. The molecule has 1 atom stereocenters. The third kappa shape index (κ3) is 4.28. The van der Waals surface area contributed by atoms with Gasteiger partial charge in [0.1, 0.15) is 11.0 Å². The molecule has 1 amide bonds. The number of likely N-dealkylation sites (tertiary alicyclic amines) is 1. The Morgan fingerprint density at radius 1 is 1.03 bits per heavy atom. The van der Waals surface area contributed by atoms with Crippen molar-refractivity contribution in [3.63, 3.8) is 0 Å². The molecule has 0 aliphatic carbocycles. The molecule has 2 heterocycles. The lowest BCUT2D eigenvalue weighted by Gasteiger charge is -2.30. The van der Waals surface area contributed by atoms with Gasteiger partial charge in [0.15, 0.2) is 5.82 Å². The molecule has 4 rings (SSSR count). The molecule has 7 nitrogen and oxygen atoms in total. The van der Waals surface area contributed by atoms with E-state index < -0.39 is 5.25 Å². The van der Waals surface area contributed by atoms with Crippen molar-refractivity contribution in [2.24, 2.45) is 0 Å². The van der Waals surface area contributed by atoms with Gasteiger partial charge in [-0.25, -0.2) is 4.68 Å². The first-order chi connectivity index (χ1) is 14.7. The van der Waals surface area contributed by atoms with E-state index in [1.54, 1.807) is 7.11 Å². The summed E-state index contributed by atoms with van der Waals surface area (Å²) < 4.78 is 6.66. The Balaban J connectivity index is 1.61. The Labute approximate surface area is 180 Å². The first kappa shape index (κ1) is 20.3. The van der Waals surface area contributed by atoms with Crippen LogP contribution in [0.15, 0.2) is 59.8 Å². The molecule has 1 fully saturated rings. The lowest BCUT2D eigenvalue weighted by atomic mass is 10.1. The van der Waals surface area contributed by atoms with Crippen molar-refractivity contribution in [1.29, 1.82) is 0 Å². The monoisotopic (exact) mass is 423 g/mol. The number of ether oxygens (including phenoxy) is 1. The lowest BCUT2D eigenvalue weighted by molar-refractivity contribution is -0.131. The first-order valence-electron chi connectivity index (χ1n) is 10.0. The second kappa shape index (κ2) is 9.21. The minimum Gasteiger partial charge on any atom is -0.497 e. The summed E-state index contributed by atoms with van der Waals surface area (Å²) >= 11 is 1.34. The van der Waals surface area contributed by atoms with Gasteiger partial charge in [-0.2, -0.15) is 0 Å². The van der Waals surface area contributed by atoms with Crippen LogP contribution in [-0.4, -0.2) is 45.9 Å². The standard InChI is InChI=1S/C22H25N5O2S/c1-29-18-12-10-17(11-13-18)20-24-25-22(27(20)23)30-19(16-8-4-2-5-9-16)21(28)26-14-6-3-7-15-26/h2,4-5,8-13,19H,3,6-7,14-15,23H2,1H3/t19-/m1/s1. The highest BCUT2D eigenvalue weighted by molar-refractivity contribution is 8.00. The maximum absolute atomic E-state index is 13.4. The van der Waals surface area contributed by atoms with E-state index in [4.69, 9.17) is 10.6 Å². The molecule has 3 aromatic rings. The van der Waals surface area contributed by atoms with Crippen LogP contribution in [0.4, 0.5) is 0 Å². The van der Waals surface area contributed by atoms with Crippen molar-refractivity contribution >= 4 is 17.7 Å². The van der Waals surface area contributed by atoms with Gasteiger partial charge in [0.05, 0.1) is 7.11 Å². The molecular weight excluding hydrogens is 398 g/mol. The number of carbonyl (C=O) groups excluding carboxylic acids is 1. The fourth-order valence-electron chi connectivity index (χ4n) is 3.57. The van der Waals surface area contributed by atoms with Gasteiger partial charge in [0.2, 0.25) is 11.1 Å². The summed E-state index contributed by atoms with van der Waals surface area (Å²) in [4.78, 5) is 15.3. The van der Waals surface area contributed by atoms with Gasteiger partial charge in [-0.3, -0.25) is 4.79 Å². The van der Waals surface area contributed by atoms with E-state index in [0.717, 1.165) is 42.8 Å². The molecule has 2 N–H and O–H groups in total. The van der Waals surface area contributed by atoms with E-state index in [1.807, 2.05) is 59.5 Å². The molecule has 0 radical (unpaired) electrons. The molecule has 0 unspecified atom stereocenters. The highest BCUT2D eigenvalue weighted by atomic mass is 32.2. The van der Waals surface area contributed by atoms with Crippen LogP contribution in [0.5, 0.6) is 5.75 Å². The van der Waals surface area contributed by atoms with Crippen LogP contribution >= 0.6 is 11.8 Å². The van der Waals surface area contributed by atoms with Crippen LogP contribution in [0.1, 0.15) is 30.1 Å². The van der Waals surface area contributed by atoms with Crippen molar-refractivity contribution in [2.45, 2.75) is 29.7 Å². The van der Waals surface area contributed by atoms with Crippen molar-refractivity contribution in [1.82, 2.24) is 19.8 Å². The summed E-state index contributed by atoms with van der Waals surface area (Å²) in [7, 11) is 1.62. The Bertz CT molecular complexity index is 985. The minimum absolute atomic E-state index is 0.0971. The molecule has 0 bridgehead atoms. The van der Waals surface area contributed by atoms with Gasteiger partial charge in [0.25, 0.3) is 0 Å². The summed E-state index contributed by atoms with van der Waals surface area (Å²) in [6.45, 7) is 1.60. The molecule has 0 spiro atoms. The highest BCUT2D eigenvalue weighted by Crippen LogP contribution is 2.37. The Kier molecular flexibility index (Phi) is 6.23. The number of thioether (sulfide) groups is 1. The van der Waals surface area contributed by atoms with Crippen LogP contribution in [-0.2, 0) is 4.79 Å². The maximum Gasteiger partial charge on any atom is 0.240 e. The molecule has 8 heteroatoms. The van der Waals surface area contributed by atoms with E-state index >= 15 is 0 Å². The molecular formula is C22H25N5O2S. The smallest absolute Gasteiger partial charge is 0.240 e. The SMILES string of the molecule is COc1ccc(-c2nnc(S[C@@H](C(=O)N3CCCCC3)c3ccccc3)n2N)cc1. The number of aromatic nitrogens is 3.